The average Bonchev–Trinajstić information content (AvgIpc) is 2.73. The molecule has 0 fully saturated rings. The Labute approximate surface area is 122 Å². The Morgan fingerprint density at radius 1 is 1.20 bits per heavy atom. The van der Waals surface area contributed by atoms with Crippen molar-refractivity contribution >= 4 is 19.7 Å². The molecule has 0 amide bonds. The maximum atomic E-state index is 11.6. The van der Waals surface area contributed by atoms with Gasteiger partial charge in [-0.3, -0.25) is 9.55 Å². The molecule has 0 bridgehead atoms. The van der Waals surface area contributed by atoms with Crippen molar-refractivity contribution in [2.24, 2.45) is 0 Å². The zero-order valence-electron chi connectivity index (χ0n) is 11.6. The Morgan fingerprint density at radius 2 is 1.85 bits per heavy atom. The van der Waals surface area contributed by atoms with Crippen molar-refractivity contribution in [1.82, 2.24) is 19.7 Å². The molecule has 0 N–H and O–H groups in total. The van der Waals surface area contributed by atoms with Crippen molar-refractivity contribution in [2.45, 2.75) is 38.4 Å². The summed E-state index contributed by atoms with van der Waals surface area (Å²) in [5, 5.41) is 7.41. The number of aromatic nitrogens is 4. The van der Waals surface area contributed by atoms with Crippen LogP contribution in [-0.4, -0.2) is 28.2 Å². The van der Waals surface area contributed by atoms with E-state index in [1.165, 1.54) is 4.57 Å². The van der Waals surface area contributed by atoms with Gasteiger partial charge in [0.2, 0.25) is 0 Å². The van der Waals surface area contributed by atoms with E-state index in [1.807, 2.05) is 39.8 Å². The van der Waals surface area contributed by atoms with Crippen LogP contribution in [0.2, 0.25) is 0 Å². The van der Waals surface area contributed by atoms with Gasteiger partial charge in [0, 0.05) is 33.7 Å². The highest BCUT2D eigenvalue weighted by atomic mass is 35.7. The second kappa shape index (κ2) is 4.82. The number of rotatable bonds is 2. The molecule has 0 saturated carbocycles. The average molecular weight is 315 g/mol. The summed E-state index contributed by atoms with van der Waals surface area (Å²) in [6, 6.07) is 3.64. The van der Waals surface area contributed by atoms with Gasteiger partial charge in [-0.15, -0.1) is 10.2 Å². The first-order valence-corrected chi connectivity index (χ1v) is 8.25. The van der Waals surface area contributed by atoms with E-state index in [9.17, 15) is 8.42 Å². The summed E-state index contributed by atoms with van der Waals surface area (Å²) in [6.45, 7) is 7.43. The van der Waals surface area contributed by atoms with Crippen molar-refractivity contribution in [1.29, 1.82) is 0 Å². The lowest BCUT2D eigenvalue weighted by Gasteiger charge is -2.23. The molecule has 6 nitrogen and oxygen atoms in total. The third-order valence-corrected chi connectivity index (χ3v) is 3.81. The van der Waals surface area contributed by atoms with Crippen molar-refractivity contribution in [3.05, 3.63) is 24.0 Å². The Kier molecular flexibility index (Phi) is 3.60. The predicted molar refractivity (Wildman–Crippen MR) is 76.0 cm³/mol. The lowest BCUT2D eigenvalue weighted by Crippen LogP contribution is -2.25. The molecule has 20 heavy (non-hydrogen) atoms. The van der Waals surface area contributed by atoms with Crippen molar-refractivity contribution < 1.29 is 8.42 Å². The van der Waals surface area contributed by atoms with Crippen molar-refractivity contribution in [2.75, 3.05) is 0 Å². The van der Waals surface area contributed by atoms with E-state index < -0.39 is 14.6 Å². The van der Waals surface area contributed by atoms with Gasteiger partial charge in [0.1, 0.15) is 0 Å². The molecule has 0 spiro atoms. The molecule has 2 aromatic heterocycles. The fourth-order valence-corrected chi connectivity index (χ4v) is 2.84. The molecule has 0 aliphatic heterocycles. The second-order valence-electron chi connectivity index (χ2n) is 5.44. The van der Waals surface area contributed by atoms with Crippen LogP contribution >= 0.6 is 10.7 Å². The third kappa shape index (κ3) is 2.83. The van der Waals surface area contributed by atoms with Crippen LogP contribution in [-0.2, 0) is 14.6 Å². The quantitative estimate of drug-likeness (QED) is 0.795. The van der Waals surface area contributed by atoms with Crippen molar-refractivity contribution in [3.8, 4) is 11.4 Å². The molecule has 0 radical (unpaired) electrons. The summed E-state index contributed by atoms with van der Waals surface area (Å²) < 4.78 is 24.8. The minimum atomic E-state index is -3.97. The van der Waals surface area contributed by atoms with Gasteiger partial charge in [0.25, 0.3) is 14.2 Å². The van der Waals surface area contributed by atoms with Crippen LogP contribution in [0.1, 0.15) is 26.5 Å². The maximum Gasteiger partial charge on any atom is 0.296 e. The van der Waals surface area contributed by atoms with Gasteiger partial charge < -0.3 is 0 Å². The lowest BCUT2D eigenvalue weighted by atomic mass is 10.1. The van der Waals surface area contributed by atoms with Gasteiger partial charge >= 0.3 is 0 Å². The minimum Gasteiger partial charge on any atom is -0.291 e. The summed E-state index contributed by atoms with van der Waals surface area (Å²) in [5.41, 5.74) is 1.01. The summed E-state index contributed by atoms with van der Waals surface area (Å²) in [5.74, 6) is 0.421. The number of hydrogen-bond donors (Lipinski definition) is 0. The van der Waals surface area contributed by atoms with Gasteiger partial charge in [-0.25, -0.2) is 8.42 Å². The Bertz CT molecular complexity index is 730. The standard InChI is InChI=1S/C12H15ClN4O2S/c1-8-5-6-9(7-14-8)10-15-16-11(20(13,18)19)17(10)12(2,3)4/h5-7H,1-4H3. The van der Waals surface area contributed by atoms with E-state index in [0.29, 0.717) is 11.4 Å². The molecule has 0 saturated heterocycles. The zero-order valence-corrected chi connectivity index (χ0v) is 13.2. The number of pyridine rings is 1. The molecule has 8 heteroatoms. The van der Waals surface area contributed by atoms with E-state index in [0.717, 1.165) is 5.69 Å². The third-order valence-electron chi connectivity index (χ3n) is 2.69. The van der Waals surface area contributed by atoms with E-state index in [2.05, 4.69) is 15.2 Å². The van der Waals surface area contributed by atoms with E-state index in [-0.39, 0.29) is 5.16 Å². The molecular formula is C12H15ClN4O2S. The number of nitrogens with zero attached hydrogens (tertiary/aromatic N) is 4. The molecule has 108 valence electrons. The number of aryl methyl sites for hydroxylation is 1. The van der Waals surface area contributed by atoms with Crippen LogP contribution in [0.5, 0.6) is 0 Å². The maximum absolute atomic E-state index is 11.6. The first-order chi connectivity index (χ1) is 9.10. The molecule has 0 unspecified atom stereocenters. The van der Waals surface area contributed by atoms with Crippen LogP contribution in [0.3, 0.4) is 0 Å². The summed E-state index contributed by atoms with van der Waals surface area (Å²) in [6.07, 6.45) is 1.63. The number of halogens is 1. The fourth-order valence-electron chi connectivity index (χ4n) is 1.82. The number of hydrogen-bond acceptors (Lipinski definition) is 5. The smallest absolute Gasteiger partial charge is 0.291 e. The second-order valence-corrected chi connectivity index (χ2v) is 7.90. The molecule has 0 aliphatic rings. The Hall–Kier alpha value is -1.47. The van der Waals surface area contributed by atoms with Crippen LogP contribution in [0.25, 0.3) is 11.4 Å². The first-order valence-electron chi connectivity index (χ1n) is 5.94. The SMILES string of the molecule is Cc1ccc(-c2nnc(S(=O)(=O)Cl)n2C(C)(C)C)cn1. The molecular weight excluding hydrogens is 300 g/mol. The molecule has 0 atom stereocenters. The van der Waals surface area contributed by atoms with E-state index in [4.69, 9.17) is 10.7 Å². The Balaban J connectivity index is 2.72. The van der Waals surface area contributed by atoms with Crippen LogP contribution in [0, 0.1) is 6.92 Å². The highest BCUT2D eigenvalue weighted by molar-refractivity contribution is 8.13. The zero-order chi connectivity index (χ0) is 15.1. The van der Waals surface area contributed by atoms with Gasteiger partial charge in [-0.05, 0) is 39.8 Å². The summed E-state index contributed by atoms with van der Waals surface area (Å²) in [7, 11) is 1.46. The molecule has 2 aromatic rings. The summed E-state index contributed by atoms with van der Waals surface area (Å²) in [4.78, 5) is 4.19. The van der Waals surface area contributed by atoms with Gasteiger partial charge in [0.05, 0.1) is 0 Å². The molecule has 2 rings (SSSR count). The normalized spacial score (nSPS) is 12.7. The molecule has 0 aromatic carbocycles. The predicted octanol–water partition coefficient (Wildman–Crippen LogP) is 2.33. The largest absolute Gasteiger partial charge is 0.296 e. The highest BCUT2D eigenvalue weighted by Gasteiger charge is 2.30. The van der Waals surface area contributed by atoms with Crippen molar-refractivity contribution in [3.63, 3.8) is 0 Å². The van der Waals surface area contributed by atoms with E-state index >= 15 is 0 Å². The fraction of sp³-hybridized carbons (Fsp3) is 0.417. The van der Waals surface area contributed by atoms with E-state index in [1.54, 1.807) is 6.20 Å². The highest BCUT2D eigenvalue weighted by Crippen LogP contribution is 2.29. The molecule has 0 aliphatic carbocycles. The molecule has 2 heterocycles. The van der Waals surface area contributed by atoms with Crippen LogP contribution in [0.15, 0.2) is 23.5 Å². The lowest BCUT2D eigenvalue weighted by molar-refractivity contribution is 0.367. The summed E-state index contributed by atoms with van der Waals surface area (Å²) >= 11 is 0. The monoisotopic (exact) mass is 314 g/mol. The van der Waals surface area contributed by atoms with Gasteiger partial charge in [0.15, 0.2) is 5.82 Å². The van der Waals surface area contributed by atoms with Gasteiger partial charge in [-0.1, -0.05) is 0 Å². The minimum absolute atomic E-state index is 0.262. The topological polar surface area (TPSA) is 77.7 Å². The first kappa shape index (κ1) is 14.9. The van der Waals surface area contributed by atoms with Gasteiger partial charge in [-0.2, -0.15) is 0 Å². The van der Waals surface area contributed by atoms with Crippen LogP contribution < -0.4 is 0 Å². The Morgan fingerprint density at radius 3 is 2.30 bits per heavy atom. The van der Waals surface area contributed by atoms with Crippen LogP contribution in [0.4, 0.5) is 0 Å².